The van der Waals surface area contributed by atoms with Gasteiger partial charge < -0.3 is 10.8 Å². The highest BCUT2D eigenvalue weighted by Gasteiger charge is 2.22. The third-order valence-corrected chi connectivity index (χ3v) is 3.57. The Morgan fingerprint density at radius 3 is 2.78 bits per heavy atom. The number of aromatic carboxylic acids is 1. The van der Waals surface area contributed by atoms with Crippen LogP contribution in [-0.2, 0) is 0 Å². The second-order valence-corrected chi connectivity index (χ2v) is 4.99. The lowest BCUT2D eigenvalue weighted by Crippen LogP contribution is -1.99. The zero-order valence-corrected chi connectivity index (χ0v) is 12.1. The van der Waals surface area contributed by atoms with E-state index in [9.17, 15) is 20.0 Å². The number of nitro groups is 1. The maximum atomic E-state index is 11.5. The number of benzene rings is 1. The van der Waals surface area contributed by atoms with Gasteiger partial charge in [0.2, 0.25) is 0 Å². The molecule has 3 aromatic rings. The van der Waals surface area contributed by atoms with Crippen molar-refractivity contribution in [2.45, 2.75) is 0 Å². The van der Waals surface area contributed by atoms with E-state index in [4.69, 9.17) is 17.3 Å². The minimum atomic E-state index is -1.20. The Labute approximate surface area is 133 Å². The van der Waals surface area contributed by atoms with Gasteiger partial charge in [0, 0.05) is 17.8 Å². The van der Waals surface area contributed by atoms with Crippen molar-refractivity contribution in [3.05, 3.63) is 51.4 Å². The van der Waals surface area contributed by atoms with E-state index < -0.39 is 10.9 Å². The first-order chi connectivity index (χ1) is 10.9. The van der Waals surface area contributed by atoms with Crippen LogP contribution in [0.1, 0.15) is 10.4 Å². The number of rotatable bonds is 3. The fourth-order valence-electron chi connectivity index (χ4n) is 2.30. The summed E-state index contributed by atoms with van der Waals surface area (Å²) in [4.78, 5) is 25.6. The van der Waals surface area contributed by atoms with E-state index >= 15 is 0 Å². The lowest BCUT2D eigenvalue weighted by molar-refractivity contribution is -0.384. The molecule has 9 nitrogen and oxygen atoms in total. The van der Waals surface area contributed by atoms with E-state index in [2.05, 4.69) is 10.1 Å². The SMILES string of the molecule is Nc1ncnn2cc(C(=O)O)c(-c3ccc([N+](=O)[O-])c(Cl)c3)c12. The van der Waals surface area contributed by atoms with Gasteiger partial charge in [-0.25, -0.2) is 14.3 Å². The van der Waals surface area contributed by atoms with Crippen molar-refractivity contribution in [2.24, 2.45) is 0 Å². The Hall–Kier alpha value is -3.20. The molecule has 0 bridgehead atoms. The van der Waals surface area contributed by atoms with Gasteiger partial charge in [0.25, 0.3) is 5.69 Å². The van der Waals surface area contributed by atoms with Gasteiger partial charge in [-0.05, 0) is 17.7 Å². The van der Waals surface area contributed by atoms with E-state index in [1.54, 1.807) is 0 Å². The number of nitrogens with zero attached hydrogens (tertiary/aromatic N) is 4. The van der Waals surface area contributed by atoms with Crippen LogP contribution in [0, 0.1) is 10.1 Å². The smallest absolute Gasteiger partial charge is 0.337 e. The number of carboxylic acid groups (broad SMARTS) is 1. The summed E-state index contributed by atoms with van der Waals surface area (Å²) in [5.74, 6) is -1.11. The Morgan fingerprint density at radius 2 is 2.17 bits per heavy atom. The molecule has 116 valence electrons. The average molecular weight is 334 g/mol. The number of hydrogen-bond acceptors (Lipinski definition) is 6. The number of nitro benzene ring substituents is 1. The molecule has 0 amide bonds. The van der Waals surface area contributed by atoms with Crippen LogP contribution in [0.2, 0.25) is 5.02 Å². The molecule has 0 fully saturated rings. The predicted octanol–water partition coefficient (Wildman–Crippen LogP) is 2.24. The Balaban J connectivity index is 2.35. The molecule has 10 heteroatoms. The highest BCUT2D eigenvalue weighted by atomic mass is 35.5. The van der Waals surface area contributed by atoms with Gasteiger partial charge in [0.15, 0.2) is 5.82 Å². The van der Waals surface area contributed by atoms with E-state index in [0.717, 1.165) is 0 Å². The third-order valence-electron chi connectivity index (χ3n) is 3.27. The topological polar surface area (TPSA) is 137 Å². The molecular formula is C13H8ClN5O4. The standard InChI is InChI=1S/C13H8ClN5O4/c14-8-3-6(1-2-9(8)19(22)23)10-7(13(20)21)4-18-11(10)12(15)16-5-17-18/h1-5H,(H,20,21)(H2,15,16,17). The van der Waals surface area contributed by atoms with Crippen LogP contribution < -0.4 is 5.73 Å². The first-order valence-corrected chi connectivity index (χ1v) is 6.57. The van der Waals surface area contributed by atoms with Crippen molar-refractivity contribution < 1.29 is 14.8 Å². The van der Waals surface area contributed by atoms with Gasteiger partial charge >= 0.3 is 5.97 Å². The molecule has 3 N–H and O–H groups in total. The van der Waals surface area contributed by atoms with Crippen LogP contribution in [0.5, 0.6) is 0 Å². The fourth-order valence-corrected chi connectivity index (χ4v) is 2.55. The van der Waals surface area contributed by atoms with Crippen LogP contribution in [-0.4, -0.2) is 30.6 Å². The third kappa shape index (κ3) is 2.32. The Morgan fingerprint density at radius 1 is 1.43 bits per heavy atom. The minimum absolute atomic E-state index is 0.0675. The molecule has 0 aliphatic rings. The molecule has 0 saturated heterocycles. The number of carboxylic acids is 1. The minimum Gasteiger partial charge on any atom is -0.478 e. The second kappa shape index (κ2) is 5.21. The number of hydrogen-bond donors (Lipinski definition) is 2. The van der Waals surface area contributed by atoms with Crippen molar-refractivity contribution in [1.29, 1.82) is 0 Å². The number of nitrogen functional groups attached to an aromatic ring is 1. The van der Waals surface area contributed by atoms with Crippen LogP contribution >= 0.6 is 11.6 Å². The molecule has 2 aromatic heterocycles. The maximum Gasteiger partial charge on any atom is 0.337 e. The molecule has 2 heterocycles. The number of carbonyl (C=O) groups is 1. The number of fused-ring (bicyclic) bond motifs is 1. The van der Waals surface area contributed by atoms with Gasteiger partial charge in [-0.15, -0.1) is 0 Å². The largest absolute Gasteiger partial charge is 0.478 e. The van der Waals surface area contributed by atoms with Gasteiger partial charge in [-0.2, -0.15) is 5.10 Å². The van der Waals surface area contributed by atoms with Crippen molar-refractivity contribution in [3.63, 3.8) is 0 Å². The monoisotopic (exact) mass is 333 g/mol. The summed E-state index contributed by atoms with van der Waals surface area (Å²) < 4.78 is 1.29. The van der Waals surface area contributed by atoms with Crippen molar-refractivity contribution >= 4 is 34.6 Å². The molecule has 0 spiro atoms. The molecule has 3 rings (SSSR count). The molecule has 0 aliphatic carbocycles. The highest BCUT2D eigenvalue weighted by molar-refractivity contribution is 6.33. The predicted molar refractivity (Wildman–Crippen MR) is 81.5 cm³/mol. The highest BCUT2D eigenvalue weighted by Crippen LogP contribution is 2.36. The van der Waals surface area contributed by atoms with E-state index in [1.807, 2.05) is 0 Å². The van der Waals surface area contributed by atoms with Crippen LogP contribution in [0.15, 0.2) is 30.7 Å². The summed E-state index contributed by atoms with van der Waals surface area (Å²) in [6, 6.07) is 3.92. The zero-order chi connectivity index (χ0) is 16.7. The van der Waals surface area contributed by atoms with E-state index in [-0.39, 0.29) is 33.2 Å². The molecule has 0 radical (unpaired) electrons. The number of aromatic nitrogens is 3. The van der Waals surface area contributed by atoms with Crippen molar-refractivity contribution in [3.8, 4) is 11.1 Å². The Kier molecular flexibility index (Phi) is 3.34. The first-order valence-electron chi connectivity index (χ1n) is 6.19. The summed E-state index contributed by atoms with van der Waals surface area (Å²) in [5.41, 5.74) is 6.37. The second-order valence-electron chi connectivity index (χ2n) is 4.58. The van der Waals surface area contributed by atoms with Gasteiger partial charge in [0.1, 0.15) is 16.9 Å². The lowest BCUT2D eigenvalue weighted by atomic mass is 10.0. The van der Waals surface area contributed by atoms with Crippen LogP contribution in [0.4, 0.5) is 11.5 Å². The summed E-state index contributed by atoms with van der Waals surface area (Å²) in [7, 11) is 0. The summed E-state index contributed by atoms with van der Waals surface area (Å²) in [6.45, 7) is 0. The Bertz CT molecular complexity index is 968. The fraction of sp³-hybridized carbons (Fsp3) is 0. The molecular weight excluding hydrogens is 326 g/mol. The normalized spacial score (nSPS) is 10.8. The zero-order valence-electron chi connectivity index (χ0n) is 11.3. The van der Waals surface area contributed by atoms with Crippen molar-refractivity contribution in [1.82, 2.24) is 14.6 Å². The van der Waals surface area contributed by atoms with E-state index in [0.29, 0.717) is 5.56 Å². The van der Waals surface area contributed by atoms with Gasteiger partial charge in [-0.3, -0.25) is 10.1 Å². The quantitative estimate of drug-likeness (QED) is 0.553. The molecule has 1 aromatic carbocycles. The average Bonchev–Trinajstić information content (AvgIpc) is 2.87. The summed E-state index contributed by atoms with van der Waals surface area (Å²) >= 11 is 5.91. The molecule has 0 saturated carbocycles. The number of halogens is 1. The van der Waals surface area contributed by atoms with E-state index in [1.165, 1.54) is 35.2 Å². The number of anilines is 1. The molecule has 0 aliphatic heterocycles. The lowest BCUT2D eigenvalue weighted by Gasteiger charge is -2.05. The number of nitrogens with two attached hydrogens (primary N) is 1. The molecule has 0 unspecified atom stereocenters. The van der Waals surface area contributed by atoms with Gasteiger partial charge in [-0.1, -0.05) is 11.6 Å². The van der Waals surface area contributed by atoms with Crippen LogP contribution in [0.3, 0.4) is 0 Å². The van der Waals surface area contributed by atoms with Gasteiger partial charge in [0.05, 0.1) is 10.5 Å². The first kappa shape index (κ1) is 14.7. The van der Waals surface area contributed by atoms with Crippen molar-refractivity contribution in [2.75, 3.05) is 5.73 Å². The maximum absolute atomic E-state index is 11.5. The van der Waals surface area contributed by atoms with Crippen LogP contribution in [0.25, 0.3) is 16.6 Å². The molecule has 0 atom stereocenters. The summed E-state index contributed by atoms with van der Waals surface area (Å²) in [5, 5.41) is 24.0. The molecule has 23 heavy (non-hydrogen) atoms. The summed E-state index contributed by atoms with van der Waals surface area (Å²) in [6.07, 6.45) is 2.49.